The fourth-order valence-electron chi connectivity index (χ4n) is 1.31. The Morgan fingerprint density at radius 1 is 1.50 bits per heavy atom. The molecule has 1 aliphatic carbocycles. The van der Waals surface area contributed by atoms with Gasteiger partial charge in [0, 0.05) is 0 Å². The molecule has 1 aliphatic rings. The first-order valence-electron chi connectivity index (χ1n) is 3.30. The summed E-state index contributed by atoms with van der Waals surface area (Å²) >= 11 is 0. The molecule has 2 unspecified atom stereocenters. The summed E-state index contributed by atoms with van der Waals surface area (Å²) in [4.78, 5) is 0. The minimum atomic E-state index is -0.0123. The molecule has 0 aromatic carbocycles. The number of hydrogen-bond acceptors (Lipinski definition) is 1. The van der Waals surface area contributed by atoms with E-state index in [1.54, 1.807) is 0 Å². The van der Waals surface area contributed by atoms with E-state index in [-0.39, 0.29) is 6.10 Å². The standard InChI is InChI=1S/C7H13O/c1-2-6-3-4-7(8)5-6/h6-8H,1-5H2. The SMILES string of the molecule is [CH2]CC1CCC(O)C1. The van der Waals surface area contributed by atoms with Crippen LogP contribution in [0.3, 0.4) is 0 Å². The number of hydrogen-bond donors (Lipinski definition) is 1. The van der Waals surface area contributed by atoms with Crippen LogP contribution in [0, 0.1) is 12.8 Å². The van der Waals surface area contributed by atoms with Gasteiger partial charge in [0.25, 0.3) is 0 Å². The predicted octanol–water partition coefficient (Wildman–Crippen LogP) is 1.37. The van der Waals surface area contributed by atoms with Gasteiger partial charge in [-0.2, -0.15) is 0 Å². The van der Waals surface area contributed by atoms with Gasteiger partial charge in [0.2, 0.25) is 0 Å². The predicted molar refractivity (Wildman–Crippen MR) is 33.3 cm³/mol. The first-order chi connectivity index (χ1) is 3.83. The van der Waals surface area contributed by atoms with E-state index < -0.39 is 0 Å². The van der Waals surface area contributed by atoms with Crippen LogP contribution in [0.1, 0.15) is 25.7 Å². The second kappa shape index (κ2) is 2.49. The first-order valence-corrected chi connectivity index (χ1v) is 3.30. The molecule has 8 heavy (non-hydrogen) atoms. The van der Waals surface area contributed by atoms with E-state index in [0.29, 0.717) is 5.92 Å². The van der Waals surface area contributed by atoms with E-state index in [1.807, 2.05) is 0 Å². The van der Waals surface area contributed by atoms with Crippen LogP contribution in [-0.2, 0) is 0 Å². The van der Waals surface area contributed by atoms with Crippen LogP contribution in [0.15, 0.2) is 0 Å². The fraction of sp³-hybridized carbons (Fsp3) is 0.857. The van der Waals surface area contributed by atoms with Gasteiger partial charge in [0.15, 0.2) is 0 Å². The van der Waals surface area contributed by atoms with Crippen molar-refractivity contribution in [1.29, 1.82) is 0 Å². The molecule has 1 nitrogen and oxygen atoms in total. The van der Waals surface area contributed by atoms with Crippen LogP contribution in [0.2, 0.25) is 0 Å². The molecular weight excluding hydrogens is 100 g/mol. The van der Waals surface area contributed by atoms with Gasteiger partial charge < -0.3 is 5.11 Å². The Hall–Kier alpha value is -0.0400. The molecule has 1 fully saturated rings. The molecule has 2 atom stereocenters. The van der Waals surface area contributed by atoms with Crippen molar-refractivity contribution in [2.75, 3.05) is 0 Å². The molecule has 0 spiro atoms. The van der Waals surface area contributed by atoms with Gasteiger partial charge in [-0.1, -0.05) is 13.3 Å². The molecule has 1 N–H and O–H groups in total. The van der Waals surface area contributed by atoms with Gasteiger partial charge in [-0.3, -0.25) is 0 Å². The lowest BCUT2D eigenvalue weighted by Gasteiger charge is -2.01. The van der Waals surface area contributed by atoms with Gasteiger partial charge in [-0.05, 0) is 25.2 Å². The van der Waals surface area contributed by atoms with E-state index in [2.05, 4.69) is 6.92 Å². The zero-order valence-corrected chi connectivity index (χ0v) is 5.14. The van der Waals surface area contributed by atoms with Crippen molar-refractivity contribution in [3.8, 4) is 0 Å². The Bertz CT molecular complexity index is 70.8. The monoisotopic (exact) mass is 113 g/mol. The molecule has 0 aliphatic heterocycles. The van der Waals surface area contributed by atoms with Crippen LogP contribution >= 0.6 is 0 Å². The number of aliphatic hydroxyl groups is 1. The summed E-state index contributed by atoms with van der Waals surface area (Å²) in [6, 6.07) is 0. The summed E-state index contributed by atoms with van der Waals surface area (Å²) in [5.74, 6) is 0.713. The van der Waals surface area contributed by atoms with Crippen molar-refractivity contribution in [1.82, 2.24) is 0 Å². The van der Waals surface area contributed by atoms with Crippen molar-refractivity contribution in [3.05, 3.63) is 6.92 Å². The molecule has 0 heterocycles. The number of aliphatic hydroxyl groups excluding tert-OH is 1. The second-order valence-corrected chi connectivity index (χ2v) is 2.62. The summed E-state index contributed by atoms with van der Waals surface area (Å²) in [5.41, 5.74) is 0. The van der Waals surface area contributed by atoms with Gasteiger partial charge in [-0.15, -0.1) is 0 Å². The Labute approximate surface area is 50.7 Å². The fourth-order valence-corrected chi connectivity index (χ4v) is 1.31. The Kier molecular flexibility index (Phi) is 1.90. The molecule has 0 aromatic rings. The van der Waals surface area contributed by atoms with Crippen molar-refractivity contribution >= 4 is 0 Å². The van der Waals surface area contributed by atoms with Crippen molar-refractivity contribution in [2.45, 2.75) is 31.8 Å². The van der Waals surface area contributed by atoms with Crippen LogP contribution in [0.5, 0.6) is 0 Å². The van der Waals surface area contributed by atoms with E-state index in [0.717, 1.165) is 19.3 Å². The largest absolute Gasteiger partial charge is 0.393 e. The molecule has 1 radical (unpaired) electrons. The van der Waals surface area contributed by atoms with Gasteiger partial charge >= 0.3 is 0 Å². The maximum Gasteiger partial charge on any atom is 0.0543 e. The first kappa shape index (κ1) is 6.09. The van der Waals surface area contributed by atoms with Crippen LogP contribution in [0.4, 0.5) is 0 Å². The lowest BCUT2D eigenvalue weighted by Crippen LogP contribution is -1.98. The summed E-state index contributed by atoms with van der Waals surface area (Å²) in [6.45, 7) is 3.79. The van der Waals surface area contributed by atoms with Crippen LogP contribution in [0.25, 0.3) is 0 Å². The molecule has 0 amide bonds. The minimum Gasteiger partial charge on any atom is -0.393 e. The third-order valence-corrected chi connectivity index (χ3v) is 1.92. The molecule has 1 saturated carbocycles. The van der Waals surface area contributed by atoms with Gasteiger partial charge in [-0.25, -0.2) is 0 Å². The van der Waals surface area contributed by atoms with Crippen molar-refractivity contribution < 1.29 is 5.11 Å². The Morgan fingerprint density at radius 3 is 2.50 bits per heavy atom. The highest BCUT2D eigenvalue weighted by molar-refractivity contribution is 4.74. The maximum absolute atomic E-state index is 9.00. The van der Waals surface area contributed by atoms with E-state index in [1.165, 1.54) is 6.42 Å². The van der Waals surface area contributed by atoms with Gasteiger partial charge in [0.05, 0.1) is 6.10 Å². The highest BCUT2D eigenvalue weighted by Gasteiger charge is 2.20. The molecule has 47 valence electrons. The smallest absolute Gasteiger partial charge is 0.0543 e. The average Bonchev–Trinajstić information content (AvgIpc) is 2.14. The zero-order chi connectivity index (χ0) is 5.98. The van der Waals surface area contributed by atoms with Crippen molar-refractivity contribution in [2.24, 2.45) is 5.92 Å². The highest BCUT2D eigenvalue weighted by Crippen LogP contribution is 2.27. The maximum atomic E-state index is 9.00. The second-order valence-electron chi connectivity index (χ2n) is 2.62. The summed E-state index contributed by atoms with van der Waals surface area (Å²) in [6.07, 6.45) is 4.16. The zero-order valence-electron chi connectivity index (χ0n) is 5.14. The Balaban J connectivity index is 2.22. The normalized spacial score (nSPS) is 38.2. The lowest BCUT2D eigenvalue weighted by atomic mass is 10.1. The molecule has 0 saturated heterocycles. The summed E-state index contributed by atoms with van der Waals surface area (Å²) in [5, 5.41) is 9.00. The highest BCUT2D eigenvalue weighted by atomic mass is 16.3. The molecule has 1 heteroatoms. The molecule has 0 aromatic heterocycles. The summed E-state index contributed by atoms with van der Waals surface area (Å²) < 4.78 is 0. The third-order valence-electron chi connectivity index (χ3n) is 1.92. The van der Waals surface area contributed by atoms with E-state index in [4.69, 9.17) is 5.11 Å². The van der Waals surface area contributed by atoms with Crippen LogP contribution in [-0.4, -0.2) is 11.2 Å². The molecular formula is C7H13O. The summed E-state index contributed by atoms with van der Waals surface area (Å²) in [7, 11) is 0. The van der Waals surface area contributed by atoms with E-state index >= 15 is 0 Å². The third kappa shape index (κ3) is 1.22. The molecule has 0 bridgehead atoms. The molecule has 1 rings (SSSR count). The van der Waals surface area contributed by atoms with Crippen LogP contribution < -0.4 is 0 Å². The Morgan fingerprint density at radius 2 is 2.25 bits per heavy atom. The number of rotatable bonds is 1. The lowest BCUT2D eigenvalue weighted by molar-refractivity contribution is 0.178. The van der Waals surface area contributed by atoms with E-state index in [9.17, 15) is 0 Å². The quantitative estimate of drug-likeness (QED) is 0.544. The van der Waals surface area contributed by atoms with Crippen molar-refractivity contribution in [3.63, 3.8) is 0 Å². The topological polar surface area (TPSA) is 20.2 Å². The van der Waals surface area contributed by atoms with Gasteiger partial charge in [0.1, 0.15) is 0 Å². The average molecular weight is 113 g/mol. The minimum absolute atomic E-state index is 0.0123.